The molecule has 0 heterocycles. The van der Waals surface area contributed by atoms with E-state index in [9.17, 15) is 13.2 Å². The summed E-state index contributed by atoms with van der Waals surface area (Å²) in [5.41, 5.74) is 0.544. The lowest BCUT2D eigenvalue weighted by Crippen LogP contribution is -2.37. The van der Waals surface area contributed by atoms with Crippen LogP contribution < -0.4 is 14.4 Å². The van der Waals surface area contributed by atoms with Crippen molar-refractivity contribution in [3.8, 4) is 5.75 Å². The number of halogens is 3. The molecule has 0 aliphatic heterocycles. The highest BCUT2D eigenvalue weighted by atomic mass is 35.5. The number of anilines is 2. The number of ether oxygens (including phenoxy) is 1. The van der Waals surface area contributed by atoms with E-state index in [1.54, 1.807) is 12.1 Å². The average molecular weight is 438 g/mol. The summed E-state index contributed by atoms with van der Waals surface area (Å²) in [5, 5.41) is 3.48. The Morgan fingerprint density at radius 2 is 1.81 bits per heavy atom. The second-order valence-corrected chi connectivity index (χ2v) is 8.42. The van der Waals surface area contributed by atoms with E-state index < -0.39 is 22.5 Å². The van der Waals surface area contributed by atoms with Gasteiger partial charge < -0.3 is 10.1 Å². The van der Waals surface area contributed by atoms with Crippen LogP contribution in [-0.2, 0) is 14.8 Å². The minimum atomic E-state index is -3.78. The van der Waals surface area contributed by atoms with Crippen LogP contribution in [0.2, 0.25) is 15.1 Å². The molecule has 2 aromatic rings. The van der Waals surface area contributed by atoms with E-state index >= 15 is 0 Å². The first-order chi connectivity index (χ1) is 12.1. The highest BCUT2D eigenvalue weighted by Gasteiger charge is 2.24. The van der Waals surface area contributed by atoms with Gasteiger partial charge >= 0.3 is 0 Å². The van der Waals surface area contributed by atoms with Gasteiger partial charge in [-0.3, -0.25) is 9.10 Å². The highest BCUT2D eigenvalue weighted by Crippen LogP contribution is 2.32. The third-order valence-corrected chi connectivity index (χ3v) is 5.40. The molecule has 0 unspecified atom stereocenters. The molecule has 0 atom stereocenters. The molecular weight excluding hydrogens is 423 g/mol. The van der Waals surface area contributed by atoms with Crippen molar-refractivity contribution >= 4 is 62.1 Å². The van der Waals surface area contributed by atoms with Gasteiger partial charge in [-0.15, -0.1) is 0 Å². The van der Waals surface area contributed by atoms with Crippen molar-refractivity contribution in [1.29, 1.82) is 0 Å². The Balaban J connectivity index is 2.30. The molecule has 0 aromatic heterocycles. The molecule has 10 heteroatoms. The Morgan fingerprint density at radius 3 is 2.38 bits per heavy atom. The number of hydrogen-bond donors (Lipinski definition) is 1. The minimum absolute atomic E-state index is 0.159. The molecule has 0 saturated heterocycles. The average Bonchev–Trinajstić information content (AvgIpc) is 2.55. The van der Waals surface area contributed by atoms with Crippen molar-refractivity contribution in [2.24, 2.45) is 0 Å². The zero-order valence-electron chi connectivity index (χ0n) is 13.8. The molecule has 0 bridgehead atoms. The molecule has 1 N–H and O–H groups in total. The Kier molecular flexibility index (Phi) is 6.63. The van der Waals surface area contributed by atoms with E-state index in [2.05, 4.69) is 5.32 Å². The smallest absolute Gasteiger partial charge is 0.245 e. The number of nitrogens with one attached hydrogen (secondary N) is 1. The van der Waals surface area contributed by atoms with Gasteiger partial charge in [0.15, 0.2) is 0 Å². The van der Waals surface area contributed by atoms with E-state index in [0.717, 1.165) is 10.6 Å². The fourth-order valence-electron chi connectivity index (χ4n) is 2.14. The van der Waals surface area contributed by atoms with Crippen molar-refractivity contribution in [3.05, 3.63) is 51.5 Å². The Bertz CT molecular complexity index is 935. The highest BCUT2D eigenvalue weighted by molar-refractivity contribution is 7.92. The summed E-state index contributed by atoms with van der Waals surface area (Å²) in [6.45, 7) is -0.476. The number of sulfonamides is 1. The number of hydrogen-bond acceptors (Lipinski definition) is 4. The lowest BCUT2D eigenvalue weighted by Gasteiger charge is -2.24. The summed E-state index contributed by atoms with van der Waals surface area (Å²) >= 11 is 17.7. The van der Waals surface area contributed by atoms with Crippen LogP contribution in [0.15, 0.2) is 36.4 Å². The van der Waals surface area contributed by atoms with Crippen LogP contribution in [0.3, 0.4) is 0 Å². The molecule has 2 rings (SSSR count). The summed E-state index contributed by atoms with van der Waals surface area (Å²) in [5.74, 6) is -0.307. The summed E-state index contributed by atoms with van der Waals surface area (Å²) < 4.78 is 30.5. The number of nitrogens with zero attached hydrogens (tertiary/aromatic N) is 1. The number of carbonyl (C=O) groups is 1. The second kappa shape index (κ2) is 8.35. The summed E-state index contributed by atoms with van der Waals surface area (Å²) in [6, 6.07) is 9.03. The number of amides is 1. The predicted octanol–water partition coefficient (Wildman–Crippen LogP) is 4.06. The van der Waals surface area contributed by atoms with E-state index in [1.165, 1.54) is 31.4 Å². The van der Waals surface area contributed by atoms with Crippen molar-refractivity contribution in [1.82, 2.24) is 0 Å². The quantitative estimate of drug-likeness (QED) is 0.739. The molecule has 0 spiro atoms. The number of methoxy groups -OCH3 is 1. The van der Waals surface area contributed by atoms with Crippen LogP contribution in [-0.4, -0.2) is 34.2 Å². The molecule has 140 valence electrons. The molecule has 0 aliphatic carbocycles. The lowest BCUT2D eigenvalue weighted by atomic mass is 10.3. The van der Waals surface area contributed by atoms with Gasteiger partial charge in [-0.1, -0.05) is 34.8 Å². The maximum absolute atomic E-state index is 12.4. The molecule has 0 aliphatic rings. The molecule has 2 aromatic carbocycles. The van der Waals surface area contributed by atoms with E-state index in [4.69, 9.17) is 39.5 Å². The summed E-state index contributed by atoms with van der Waals surface area (Å²) in [7, 11) is -2.39. The lowest BCUT2D eigenvalue weighted by molar-refractivity contribution is -0.114. The fraction of sp³-hybridized carbons (Fsp3) is 0.188. The summed E-state index contributed by atoms with van der Waals surface area (Å²) in [4.78, 5) is 12.4. The zero-order valence-corrected chi connectivity index (χ0v) is 16.9. The van der Waals surface area contributed by atoms with Crippen LogP contribution in [0.5, 0.6) is 5.75 Å². The van der Waals surface area contributed by atoms with Gasteiger partial charge in [0.05, 0.1) is 29.1 Å². The van der Waals surface area contributed by atoms with E-state index in [0.29, 0.717) is 15.7 Å². The van der Waals surface area contributed by atoms with E-state index in [-0.39, 0.29) is 16.5 Å². The van der Waals surface area contributed by atoms with Crippen LogP contribution in [0.1, 0.15) is 0 Å². The molecule has 1 amide bonds. The fourth-order valence-corrected chi connectivity index (χ4v) is 3.46. The van der Waals surface area contributed by atoms with E-state index in [1.807, 2.05) is 0 Å². The maximum Gasteiger partial charge on any atom is 0.245 e. The van der Waals surface area contributed by atoms with Crippen LogP contribution in [0, 0.1) is 0 Å². The van der Waals surface area contributed by atoms with Gasteiger partial charge in [-0.05, 0) is 36.4 Å². The van der Waals surface area contributed by atoms with Crippen molar-refractivity contribution in [2.75, 3.05) is 29.5 Å². The van der Waals surface area contributed by atoms with Crippen LogP contribution >= 0.6 is 34.8 Å². The van der Waals surface area contributed by atoms with Crippen molar-refractivity contribution in [2.45, 2.75) is 0 Å². The van der Waals surface area contributed by atoms with Gasteiger partial charge in [0.25, 0.3) is 0 Å². The second-order valence-electron chi connectivity index (χ2n) is 5.26. The predicted molar refractivity (Wildman–Crippen MR) is 105 cm³/mol. The van der Waals surface area contributed by atoms with Crippen LogP contribution in [0.4, 0.5) is 11.4 Å². The first kappa shape index (κ1) is 20.6. The standard InChI is InChI=1S/C16H15Cl3N2O4S/c1-25-15-6-3-10(17)7-14(15)21(26(2,23)24)9-16(22)20-11-4-5-12(18)13(19)8-11/h3-8H,9H2,1-2H3,(H,20,22). The molecule has 0 saturated carbocycles. The van der Waals surface area contributed by atoms with Gasteiger partial charge in [-0.2, -0.15) is 0 Å². The van der Waals surface area contributed by atoms with Crippen LogP contribution in [0.25, 0.3) is 0 Å². The Hall–Kier alpha value is -1.67. The normalized spacial score (nSPS) is 11.1. The first-order valence-corrected chi connectivity index (χ1v) is 10.2. The maximum atomic E-state index is 12.4. The monoisotopic (exact) mass is 436 g/mol. The van der Waals surface area contributed by atoms with Gasteiger partial charge in [-0.25, -0.2) is 8.42 Å². The molecule has 0 fully saturated rings. The van der Waals surface area contributed by atoms with Gasteiger partial charge in [0.1, 0.15) is 12.3 Å². The molecule has 0 radical (unpaired) electrons. The molecule has 6 nitrogen and oxygen atoms in total. The Labute approximate surface area is 166 Å². The molecule has 26 heavy (non-hydrogen) atoms. The number of rotatable bonds is 6. The minimum Gasteiger partial charge on any atom is -0.495 e. The van der Waals surface area contributed by atoms with Crippen molar-refractivity contribution < 1.29 is 17.9 Å². The third kappa shape index (κ3) is 5.17. The van der Waals surface area contributed by atoms with Crippen molar-refractivity contribution in [3.63, 3.8) is 0 Å². The zero-order chi connectivity index (χ0) is 19.5. The summed E-state index contributed by atoms with van der Waals surface area (Å²) in [6.07, 6.45) is 0.986. The van der Waals surface area contributed by atoms with Gasteiger partial charge in [0, 0.05) is 10.7 Å². The largest absolute Gasteiger partial charge is 0.495 e. The SMILES string of the molecule is COc1ccc(Cl)cc1N(CC(=O)Nc1ccc(Cl)c(Cl)c1)S(C)(=O)=O. The topological polar surface area (TPSA) is 75.7 Å². The van der Waals surface area contributed by atoms with Gasteiger partial charge in [0.2, 0.25) is 15.9 Å². The first-order valence-electron chi connectivity index (χ1n) is 7.18. The Morgan fingerprint density at radius 1 is 1.12 bits per heavy atom. The number of carbonyl (C=O) groups excluding carboxylic acids is 1. The number of benzene rings is 2. The molecular formula is C16H15Cl3N2O4S. The third-order valence-electron chi connectivity index (χ3n) is 3.30.